The van der Waals surface area contributed by atoms with Crippen LogP contribution in [0.5, 0.6) is 0 Å². The first kappa shape index (κ1) is 14.8. The summed E-state index contributed by atoms with van der Waals surface area (Å²) in [6.07, 6.45) is 7.42. The van der Waals surface area contributed by atoms with Crippen LogP contribution in [-0.4, -0.2) is 36.1 Å². The van der Waals surface area contributed by atoms with Crippen molar-refractivity contribution >= 4 is 5.69 Å². The summed E-state index contributed by atoms with van der Waals surface area (Å²) in [5.41, 5.74) is 2.61. The van der Waals surface area contributed by atoms with Crippen molar-refractivity contribution < 1.29 is 0 Å². The summed E-state index contributed by atoms with van der Waals surface area (Å²) < 4.78 is 0. The molecule has 1 aromatic rings. The van der Waals surface area contributed by atoms with Gasteiger partial charge in [0.15, 0.2) is 0 Å². The Hall–Kier alpha value is -1.09. The van der Waals surface area contributed by atoms with Crippen LogP contribution in [0.1, 0.15) is 45.2 Å². The predicted octanol–water partition coefficient (Wildman–Crippen LogP) is 3.55. The third kappa shape index (κ3) is 3.97. The Balaban J connectivity index is 1.65. The van der Waals surface area contributed by atoms with Crippen LogP contribution in [0.4, 0.5) is 5.69 Å². The van der Waals surface area contributed by atoms with Crippen LogP contribution in [0.25, 0.3) is 0 Å². The average Bonchev–Trinajstić information content (AvgIpc) is 2.47. The van der Waals surface area contributed by atoms with Crippen molar-refractivity contribution in [3.05, 3.63) is 24.0 Å². The van der Waals surface area contributed by atoms with E-state index in [1.165, 1.54) is 63.2 Å². The fourth-order valence-electron chi connectivity index (χ4n) is 3.83. The molecule has 0 aromatic carbocycles. The minimum atomic E-state index is 0.818. The Labute approximate surface area is 129 Å². The maximum absolute atomic E-state index is 4.60. The monoisotopic (exact) mass is 287 g/mol. The molecule has 2 aliphatic rings. The molecule has 0 aliphatic carbocycles. The minimum absolute atomic E-state index is 0.818. The van der Waals surface area contributed by atoms with E-state index < -0.39 is 0 Å². The molecule has 1 aromatic heterocycles. The standard InChI is InChI=1S/C18H29N3/c1-15-5-3-9-20(12-15)14-17-11-18(7-8-19-17)21-10-4-6-16(2)13-21/h7-8,11,15-16H,3-6,9-10,12-14H2,1-2H3/t15-,16-/m0/s1. The molecule has 21 heavy (non-hydrogen) atoms. The van der Waals surface area contributed by atoms with Gasteiger partial charge in [0.05, 0.1) is 5.69 Å². The van der Waals surface area contributed by atoms with Gasteiger partial charge in [0.2, 0.25) is 0 Å². The Morgan fingerprint density at radius 2 is 1.86 bits per heavy atom. The molecule has 0 spiro atoms. The topological polar surface area (TPSA) is 19.4 Å². The van der Waals surface area contributed by atoms with Gasteiger partial charge in [-0.2, -0.15) is 0 Å². The van der Waals surface area contributed by atoms with Gasteiger partial charge in [0.1, 0.15) is 0 Å². The van der Waals surface area contributed by atoms with Gasteiger partial charge in [-0.3, -0.25) is 9.88 Å². The van der Waals surface area contributed by atoms with Crippen molar-refractivity contribution in [1.82, 2.24) is 9.88 Å². The number of piperidine rings is 2. The van der Waals surface area contributed by atoms with E-state index in [1.54, 1.807) is 0 Å². The maximum atomic E-state index is 4.60. The third-order valence-corrected chi connectivity index (χ3v) is 4.95. The molecule has 2 fully saturated rings. The lowest BCUT2D eigenvalue weighted by molar-refractivity contribution is 0.175. The zero-order valence-corrected chi connectivity index (χ0v) is 13.6. The Morgan fingerprint density at radius 1 is 1.10 bits per heavy atom. The third-order valence-electron chi connectivity index (χ3n) is 4.95. The molecule has 0 amide bonds. The zero-order chi connectivity index (χ0) is 14.7. The van der Waals surface area contributed by atoms with E-state index in [-0.39, 0.29) is 0 Å². The first-order valence-electron chi connectivity index (χ1n) is 8.63. The smallest absolute Gasteiger partial charge is 0.0564 e. The average molecular weight is 287 g/mol. The van der Waals surface area contributed by atoms with E-state index in [4.69, 9.17) is 0 Å². The second-order valence-electron chi connectivity index (χ2n) is 7.18. The highest BCUT2D eigenvalue weighted by atomic mass is 15.2. The van der Waals surface area contributed by atoms with Crippen molar-refractivity contribution in [2.45, 2.75) is 46.1 Å². The molecule has 3 rings (SSSR count). The molecule has 3 heterocycles. The molecule has 3 heteroatoms. The lowest BCUT2D eigenvalue weighted by atomic mass is 9.99. The summed E-state index contributed by atoms with van der Waals surface area (Å²) in [5, 5.41) is 0. The van der Waals surface area contributed by atoms with Crippen LogP contribution in [0.15, 0.2) is 18.3 Å². The van der Waals surface area contributed by atoms with Crippen LogP contribution < -0.4 is 4.90 Å². The Morgan fingerprint density at radius 3 is 2.62 bits per heavy atom. The Bertz CT molecular complexity index is 460. The molecular formula is C18H29N3. The van der Waals surface area contributed by atoms with Gasteiger partial charge in [-0.15, -0.1) is 0 Å². The number of hydrogen-bond donors (Lipinski definition) is 0. The van der Waals surface area contributed by atoms with E-state index in [9.17, 15) is 0 Å². The summed E-state index contributed by atoms with van der Waals surface area (Å²) in [6.45, 7) is 10.6. The second-order valence-corrected chi connectivity index (χ2v) is 7.18. The molecule has 2 aliphatic heterocycles. The zero-order valence-electron chi connectivity index (χ0n) is 13.6. The molecule has 0 radical (unpaired) electrons. The summed E-state index contributed by atoms with van der Waals surface area (Å²) in [7, 11) is 0. The fraction of sp³-hybridized carbons (Fsp3) is 0.722. The summed E-state index contributed by atoms with van der Waals surface area (Å²) in [5.74, 6) is 1.66. The molecular weight excluding hydrogens is 258 g/mol. The van der Waals surface area contributed by atoms with Gasteiger partial charge >= 0.3 is 0 Å². The molecule has 3 nitrogen and oxygen atoms in total. The number of pyridine rings is 1. The molecule has 0 unspecified atom stereocenters. The number of anilines is 1. The molecule has 0 bridgehead atoms. The maximum Gasteiger partial charge on any atom is 0.0564 e. The number of nitrogens with zero attached hydrogens (tertiary/aromatic N) is 3. The predicted molar refractivity (Wildman–Crippen MR) is 88.5 cm³/mol. The fourth-order valence-corrected chi connectivity index (χ4v) is 3.83. The molecule has 116 valence electrons. The lowest BCUT2D eigenvalue weighted by Gasteiger charge is -2.33. The van der Waals surface area contributed by atoms with Gasteiger partial charge in [0.25, 0.3) is 0 Å². The molecule has 2 saturated heterocycles. The van der Waals surface area contributed by atoms with Gasteiger partial charge in [-0.1, -0.05) is 13.8 Å². The number of aromatic nitrogens is 1. The van der Waals surface area contributed by atoms with Crippen LogP contribution in [0.2, 0.25) is 0 Å². The summed E-state index contributed by atoms with van der Waals surface area (Å²) >= 11 is 0. The van der Waals surface area contributed by atoms with E-state index >= 15 is 0 Å². The quantitative estimate of drug-likeness (QED) is 0.847. The van der Waals surface area contributed by atoms with Gasteiger partial charge in [0, 0.05) is 38.1 Å². The van der Waals surface area contributed by atoms with Crippen LogP contribution >= 0.6 is 0 Å². The number of rotatable bonds is 3. The second kappa shape index (κ2) is 6.78. The minimum Gasteiger partial charge on any atom is -0.371 e. The summed E-state index contributed by atoms with van der Waals surface area (Å²) in [6, 6.07) is 4.50. The van der Waals surface area contributed by atoms with Crippen molar-refractivity contribution in [2.75, 3.05) is 31.1 Å². The highest BCUT2D eigenvalue weighted by Crippen LogP contribution is 2.24. The summed E-state index contributed by atoms with van der Waals surface area (Å²) in [4.78, 5) is 9.71. The van der Waals surface area contributed by atoms with Crippen LogP contribution in [0.3, 0.4) is 0 Å². The van der Waals surface area contributed by atoms with Crippen LogP contribution in [0, 0.1) is 11.8 Å². The van der Waals surface area contributed by atoms with Crippen molar-refractivity contribution in [2.24, 2.45) is 11.8 Å². The van der Waals surface area contributed by atoms with E-state index in [2.05, 4.69) is 40.8 Å². The Kier molecular flexibility index (Phi) is 4.79. The SMILES string of the molecule is C[C@H]1CCCN(Cc2cc(N3CCC[C@H](C)C3)ccn2)C1. The van der Waals surface area contributed by atoms with Gasteiger partial charge < -0.3 is 4.90 Å². The van der Waals surface area contributed by atoms with E-state index in [0.717, 1.165) is 18.4 Å². The largest absolute Gasteiger partial charge is 0.371 e. The lowest BCUT2D eigenvalue weighted by Crippen LogP contribution is -2.35. The van der Waals surface area contributed by atoms with E-state index in [1.807, 2.05) is 6.20 Å². The van der Waals surface area contributed by atoms with Crippen molar-refractivity contribution in [3.63, 3.8) is 0 Å². The van der Waals surface area contributed by atoms with Crippen LogP contribution in [-0.2, 0) is 6.54 Å². The van der Waals surface area contributed by atoms with Gasteiger partial charge in [-0.05, 0) is 56.2 Å². The molecule has 2 atom stereocenters. The molecule has 0 N–H and O–H groups in total. The van der Waals surface area contributed by atoms with Crippen molar-refractivity contribution in [3.8, 4) is 0 Å². The number of likely N-dealkylation sites (tertiary alicyclic amines) is 1. The van der Waals surface area contributed by atoms with E-state index in [0.29, 0.717) is 0 Å². The van der Waals surface area contributed by atoms with Gasteiger partial charge in [-0.25, -0.2) is 0 Å². The first-order valence-corrected chi connectivity index (χ1v) is 8.63. The highest BCUT2D eigenvalue weighted by molar-refractivity contribution is 5.47. The normalized spacial score (nSPS) is 27.8. The number of hydrogen-bond acceptors (Lipinski definition) is 3. The first-order chi connectivity index (χ1) is 10.2. The molecule has 0 saturated carbocycles. The highest BCUT2D eigenvalue weighted by Gasteiger charge is 2.19. The van der Waals surface area contributed by atoms with Crippen molar-refractivity contribution in [1.29, 1.82) is 0 Å².